The molecule has 15 heavy (non-hydrogen) atoms. The topological polar surface area (TPSA) is 3.24 Å². The Balaban J connectivity index is 2.49. The number of fused-ring (bicyclic) bond motifs is 1. The van der Waals surface area contributed by atoms with Crippen LogP contribution in [0.5, 0.6) is 0 Å². The Bertz CT molecular complexity index is 410. The van der Waals surface area contributed by atoms with Crippen molar-refractivity contribution < 1.29 is 0 Å². The van der Waals surface area contributed by atoms with Crippen molar-refractivity contribution >= 4 is 5.69 Å². The fraction of sp³-hybridized carbons (Fsp3) is 0.429. The fourth-order valence-electron chi connectivity index (χ4n) is 2.00. The Morgan fingerprint density at radius 1 is 1.27 bits per heavy atom. The average molecular weight is 201 g/mol. The van der Waals surface area contributed by atoms with Gasteiger partial charge < -0.3 is 4.90 Å². The number of hydrogen-bond donors (Lipinski definition) is 0. The fourth-order valence-corrected chi connectivity index (χ4v) is 2.00. The molecule has 80 valence electrons. The molecule has 0 saturated carbocycles. The zero-order valence-corrected chi connectivity index (χ0v) is 10.1. The molecule has 0 spiro atoms. The Kier molecular flexibility index (Phi) is 2.14. The predicted molar refractivity (Wildman–Crippen MR) is 66.4 cm³/mol. The zero-order valence-electron chi connectivity index (χ0n) is 10.1. The minimum Gasteiger partial charge on any atom is -0.348 e. The van der Waals surface area contributed by atoms with Gasteiger partial charge in [-0.1, -0.05) is 39.5 Å². The summed E-state index contributed by atoms with van der Waals surface area (Å²) in [5.74, 6) is 0. The monoisotopic (exact) mass is 201 g/mol. The van der Waals surface area contributed by atoms with Crippen LogP contribution in [0, 0.1) is 0 Å². The van der Waals surface area contributed by atoms with Gasteiger partial charge in [-0.25, -0.2) is 0 Å². The summed E-state index contributed by atoms with van der Waals surface area (Å²) in [6.07, 6.45) is 0.996. The van der Waals surface area contributed by atoms with Gasteiger partial charge in [-0.05, 0) is 22.6 Å². The molecule has 1 aromatic rings. The number of benzene rings is 1. The summed E-state index contributed by atoms with van der Waals surface area (Å²) in [6, 6.07) is 6.78. The minimum absolute atomic E-state index is 0.222. The van der Waals surface area contributed by atoms with Crippen LogP contribution in [0.2, 0.25) is 0 Å². The van der Waals surface area contributed by atoms with E-state index in [0.717, 1.165) is 6.42 Å². The maximum atomic E-state index is 4.07. The van der Waals surface area contributed by atoms with Crippen molar-refractivity contribution in [3.05, 3.63) is 41.6 Å². The lowest BCUT2D eigenvalue weighted by Gasteiger charge is -2.21. The van der Waals surface area contributed by atoms with E-state index in [1.165, 1.54) is 22.5 Å². The molecule has 2 rings (SSSR count). The molecular weight excluding hydrogens is 182 g/mol. The average Bonchev–Trinajstić information content (AvgIpc) is 2.41. The summed E-state index contributed by atoms with van der Waals surface area (Å²) in [6.45, 7) is 10.8. The van der Waals surface area contributed by atoms with E-state index in [4.69, 9.17) is 0 Å². The highest BCUT2D eigenvalue weighted by molar-refractivity contribution is 5.65. The number of hydrogen-bond acceptors (Lipinski definition) is 1. The number of anilines is 1. The molecule has 1 heteroatoms. The van der Waals surface area contributed by atoms with Crippen LogP contribution in [0.3, 0.4) is 0 Å². The van der Waals surface area contributed by atoms with Crippen molar-refractivity contribution in [2.75, 3.05) is 11.9 Å². The molecule has 0 fully saturated rings. The molecule has 0 atom stereocenters. The minimum atomic E-state index is 0.222. The van der Waals surface area contributed by atoms with Crippen molar-refractivity contribution in [2.45, 2.75) is 32.6 Å². The highest BCUT2D eigenvalue weighted by Crippen LogP contribution is 2.35. The summed E-state index contributed by atoms with van der Waals surface area (Å²) in [4.78, 5) is 2.20. The maximum absolute atomic E-state index is 4.07. The van der Waals surface area contributed by atoms with E-state index in [1.807, 2.05) is 0 Å². The van der Waals surface area contributed by atoms with Crippen LogP contribution in [0.1, 0.15) is 31.9 Å². The second-order valence-electron chi connectivity index (χ2n) is 5.40. The normalized spacial score (nSPS) is 15.7. The van der Waals surface area contributed by atoms with Gasteiger partial charge in [0.2, 0.25) is 0 Å². The first-order chi connectivity index (χ1) is 6.89. The lowest BCUT2D eigenvalue weighted by Crippen LogP contribution is -2.13. The van der Waals surface area contributed by atoms with Crippen molar-refractivity contribution in [3.8, 4) is 0 Å². The second-order valence-corrected chi connectivity index (χ2v) is 5.40. The largest absolute Gasteiger partial charge is 0.348 e. The third-order valence-electron chi connectivity index (χ3n) is 3.18. The van der Waals surface area contributed by atoms with Crippen LogP contribution in [0.25, 0.3) is 0 Å². The number of rotatable bonds is 0. The van der Waals surface area contributed by atoms with E-state index in [1.54, 1.807) is 0 Å². The van der Waals surface area contributed by atoms with Gasteiger partial charge in [0.05, 0.1) is 0 Å². The summed E-state index contributed by atoms with van der Waals surface area (Å²) < 4.78 is 0. The summed E-state index contributed by atoms with van der Waals surface area (Å²) in [5.41, 5.74) is 5.53. The molecular formula is C14H19N. The van der Waals surface area contributed by atoms with Crippen molar-refractivity contribution in [2.24, 2.45) is 0 Å². The summed E-state index contributed by atoms with van der Waals surface area (Å²) in [7, 11) is 2.10. The van der Waals surface area contributed by atoms with Gasteiger partial charge in [-0.2, -0.15) is 0 Å². The molecule has 1 nitrogen and oxygen atoms in total. The van der Waals surface area contributed by atoms with E-state index in [2.05, 4.69) is 57.5 Å². The molecule has 0 saturated heterocycles. The van der Waals surface area contributed by atoms with Gasteiger partial charge in [0, 0.05) is 24.9 Å². The third-order valence-corrected chi connectivity index (χ3v) is 3.18. The number of allylic oxidation sites excluding steroid dienone is 1. The molecule has 0 unspecified atom stereocenters. The highest BCUT2D eigenvalue weighted by atomic mass is 15.1. The first kappa shape index (κ1) is 10.3. The number of nitrogens with zero attached hydrogens (tertiary/aromatic N) is 1. The summed E-state index contributed by atoms with van der Waals surface area (Å²) >= 11 is 0. The van der Waals surface area contributed by atoms with E-state index in [-0.39, 0.29) is 5.41 Å². The molecule has 1 aliphatic heterocycles. The smallest absolute Gasteiger partial charge is 0.0445 e. The van der Waals surface area contributed by atoms with E-state index < -0.39 is 0 Å². The summed E-state index contributed by atoms with van der Waals surface area (Å²) in [5, 5.41) is 0. The predicted octanol–water partition coefficient (Wildman–Crippen LogP) is 3.49. The van der Waals surface area contributed by atoms with E-state index in [9.17, 15) is 0 Å². The van der Waals surface area contributed by atoms with E-state index in [0.29, 0.717) is 0 Å². The van der Waals surface area contributed by atoms with Gasteiger partial charge in [0.1, 0.15) is 0 Å². The van der Waals surface area contributed by atoms with Crippen molar-refractivity contribution in [1.29, 1.82) is 0 Å². The number of likely N-dealkylation sites (N-methyl/N-ethyl adjacent to an activating group) is 1. The van der Waals surface area contributed by atoms with Gasteiger partial charge in [-0.3, -0.25) is 0 Å². The third kappa shape index (κ3) is 1.67. The maximum Gasteiger partial charge on any atom is 0.0445 e. The van der Waals surface area contributed by atoms with Crippen molar-refractivity contribution in [1.82, 2.24) is 0 Å². The molecule has 0 bridgehead atoms. The molecule has 1 aliphatic rings. The Morgan fingerprint density at radius 3 is 2.53 bits per heavy atom. The van der Waals surface area contributed by atoms with E-state index >= 15 is 0 Å². The Labute approximate surface area is 92.4 Å². The molecule has 0 aliphatic carbocycles. The molecule has 0 amide bonds. The lowest BCUT2D eigenvalue weighted by atomic mass is 9.86. The van der Waals surface area contributed by atoms with Gasteiger partial charge in [-0.15, -0.1) is 0 Å². The van der Waals surface area contributed by atoms with Crippen LogP contribution >= 0.6 is 0 Å². The quantitative estimate of drug-likeness (QED) is 0.621. The first-order valence-corrected chi connectivity index (χ1v) is 5.44. The van der Waals surface area contributed by atoms with Gasteiger partial charge in [0.15, 0.2) is 0 Å². The van der Waals surface area contributed by atoms with Crippen LogP contribution in [-0.4, -0.2) is 7.05 Å². The standard InChI is InChI=1S/C14H19N/c1-10-8-11-6-7-12(14(2,3)4)9-13(11)15(10)5/h6-7,9H,1,8H2,2-5H3. The SMILES string of the molecule is C=C1Cc2ccc(C(C)(C)C)cc2N1C. The zero-order chi connectivity index (χ0) is 11.2. The highest BCUT2D eigenvalue weighted by Gasteiger charge is 2.22. The Morgan fingerprint density at radius 2 is 1.93 bits per heavy atom. The Hall–Kier alpha value is -1.24. The van der Waals surface area contributed by atoms with Crippen molar-refractivity contribution in [3.63, 3.8) is 0 Å². The van der Waals surface area contributed by atoms with Crippen LogP contribution in [0.15, 0.2) is 30.5 Å². The first-order valence-electron chi connectivity index (χ1n) is 5.44. The second kappa shape index (κ2) is 3.13. The van der Waals surface area contributed by atoms with Crippen LogP contribution in [0.4, 0.5) is 5.69 Å². The molecule has 1 heterocycles. The van der Waals surface area contributed by atoms with Crippen LogP contribution < -0.4 is 4.90 Å². The van der Waals surface area contributed by atoms with Crippen LogP contribution in [-0.2, 0) is 11.8 Å². The molecule has 0 aromatic heterocycles. The molecule has 0 radical (unpaired) electrons. The van der Waals surface area contributed by atoms with Gasteiger partial charge >= 0.3 is 0 Å². The van der Waals surface area contributed by atoms with Gasteiger partial charge in [0.25, 0.3) is 0 Å². The molecule has 1 aromatic carbocycles. The molecule has 0 N–H and O–H groups in total. The lowest BCUT2D eigenvalue weighted by molar-refractivity contribution is 0.590.